The summed E-state index contributed by atoms with van der Waals surface area (Å²) in [6, 6.07) is 7.38. The second-order valence-corrected chi connectivity index (χ2v) is 4.50. The molecule has 7 nitrogen and oxygen atoms in total. The number of H-pyrrole nitrogens is 1. The van der Waals surface area contributed by atoms with Gasteiger partial charge in [0, 0.05) is 12.4 Å². The zero-order valence-corrected chi connectivity index (χ0v) is 10.9. The van der Waals surface area contributed by atoms with Gasteiger partial charge in [-0.05, 0) is 23.8 Å². The lowest BCUT2D eigenvalue weighted by Crippen LogP contribution is -1.93. The fraction of sp³-hybridized carbons (Fsp3) is 0.0714. The number of anilines is 1. The predicted octanol–water partition coefficient (Wildman–Crippen LogP) is 1.84. The van der Waals surface area contributed by atoms with Crippen LogP contribution in [0.4, 0.5) is 5.82 Å². The van der Waals surface area contributed by atoms with Gasteiger partial charge in [0.1, 0.15) is 5.69 Å². The molecule has 3 aromatic rings. The van der Waals surface area contributed by atoms with E-state index in [9.17, 15) is 0 Å². The van der Waals surface area contributed by atoms with Gasteiger partial charge in [-0.3, -0.25) is 5.10 Å². The minimum absolute atomic E-state index is 0.230. The Morgan fingerprint density at radius 2 is 1.90 bits per heavy atom. The summed E-state index contributed by atoms with van der Waals surface area (Å²) in [5, 5.41) is 6.95. The molecule has 3 heterocycles. The van der Waals surface area contributed by atoms with Gasteiger partial charge < -0.3 is 15.2 Å². The first-order valence-electron chi connectivity index (χ1n) is 6.34. The number of rotatable bonds is 2. The van der Waals surface area contributed by atoms with E-state index in [2.05, 4.69) is 20.2 Å². The van der Waals surface area contributed by atoms with Gasteiger partial charge in [-0.2, -0.15) is 5.10 Å². The molecular weight excluding hydrogens is 270 g/mol. The molecule has 0 saturated carbocycles. The van der Waals surface area contributed by atoms with Crippen molar-refractivity contribution < 1.29 is 9.47 Å². The molecule has 104 valence electrons. The van der Waals surface area contributed by atoms with Crippen molar-refractivity contribution in [2.45, 2.75) is 0 Å². The van der Waals surface area contributed by atoms with Gasteiger partial charge in [0.25, 0.3) is 0 Å². The summed E-state index contributed by atoms with van der Waals surface area (Å²) in [6.45, 7) is 0.230. The van der Waals surface area contributed by atoms with Crippen LogP contribution in [-0.4, -0.2) is 27.0 Å². The number of aromatic nitrogens is 4. The zero-order chi connectivity index (χ0) is 14.2. The van der Waals surface area contributed by atoms with Crippen LogP contribution in [0.15, 0.2) is 36.7 Å². The summed E-state index contributed by atoms with van der Waals surface area (Å²) in [5.41, 5.74) is 8.28. The van der Waals surface area contributed by atoms with Gasteiger partial charge in [-0.1, -0.05) is 6.07 Å². The van der Waals surface area contributed by atoms with Crippen molar-refractivity contribution in [1.29, 1.82) is 0 Å². The van der Waals surface area contributed by atoms with Gasteiger partial charge in [0.2, 0.25) is 6.79 Å². The van der Waals surface area contributed by atoms with E-state index < -0.39 is 0 Å². The molecule has 0 atom stereocenters. The third-order valence-corrected chi connectivity index (χ3v) is 3.24. The highest BCUT2D eigenvalue weighted by molar-refractivity contribution is 5.86. The fourth-order valence-electron chi connectivity index (χ4n) is 2.29. The van der Waals surface area contributed by atoms with Gasteiger partial charge >= 0.3 is 0 Å². The van der Waals surface area contributed by atoms with E-state index in [1.165, 1.54) is 0 Å². The molecule has 0 bridgehead atoms. The molecule has 3 N–H and O–H groups in total. The van der Waals surface area contributed by atoms with Crippen LogP contribution in [0.1, 0.15) is 0 Å². The lowest BCUT2D eigenvalue weighted by atomic mass is 10.0. The van der Waals surface area contributed by atoms with Crippen molar-refractivity contribution in [2.75, 3.05) is 12.5 Å². The van der Waals surface area contributed by atoms with Crippen LogP contribution in [0.2, 0.25) is 0 Å². The second-order valence-electron chi connectivity index (χ2n) is 4.50. The topological polar surface area (TPSA) is 98.9 Å². The van der Waals surface area contributed by atoms with E-state index in [0.29, 0.717) is 23.1 Å². The number of ether oxygens (including phenoxy) is 2. The monoisotopic (exact) mass is 281 g/mol. The van der Waals surface area contributed by atoms with E-state index >= 15 is 0 Å². The second kappa shape index (κ2) is 4.48. The lowest BCUT2D eigenvalue weighted by Gasteiger charge is -2.05. The molecule has 7 heteroatoms. The largest absolute Gasteiger partial charge is 0.454 e. The standard InChI is InChI=1S/C14H11N5O2/c15-13-11(8-2-3-9-10(6-8)21-7-20-9)12(18-19-13)14-16-4-1-5-17-14/h1-6H,7H2,(H3,15,18,19). The number of nitrogens with two attached hydrogens (primary N) is 1. The van der Waals surface area contributed by atoms with Crippen molar-refractivity contribution in [3.8, 4) is 34.1 Å². The average Bonchev–Trinajstić information content (AvgIpc) is 3.13. The zero-order valence-electron chi connectivity index (χ0n) is 10.9. The van der Waals surface area contributed by atoms with E-state index in [4.69, 9.17) is 15.2 Å². The van der Waals surface area contributed by atoms with Crippen molar-refractivity contribution in [3.05, 3.63) is 36.7 Å². The molecule has 1 aliphatic rings. The molecule has 0 spiro atoms. The molecule has 2 aromatic heterocycles. The maximum atomic E-state index is 5.99. The van der Waals surface area contributed by atoms with Crippen molar-refractivity contribution >= 4 is 5.82 Å². The highest BCUT2D eigenvalue weighted by Gasteiger charge is 2.20. The van der Waals surface area contributed by atoms with Crippen molar-refractivity contribution in [2.24, 2.45) is 0 Å². The summed E-state index contributed by atoms with van der Waals surface area (Å²) in [7, 11) is 0. The van der Waals surface area contributed by atoms with Crippen LogP contribution in [0.5, 0.6) is 11.5 Å². The Morgan fingerprint density at radius 3 is 2.76 bits per heavy atom. The predicted molar refractivity (Wildman–Crippen MR) is 75.6 cm³/mol. The van der Waals surface area contributed by atoms with Gasteiger partial charge in [0.05, 0.1) is 5.56 Å². The summed E-state index contributed by atoms with van der Waals surface area (Å²) in [4.78, 5) is 8.45. The summed E-state index contributed by atoms with van der Waals surface area (Å²) >= 11 is 0. The Balaban J connectivity index is 1.87. The van der Waals surface area contributed by atoms with E-state index in [1.807, 2.05) is 18.2 Å². The Labute approximate surface area is 119 Å². The molecule has 0 fully saturated rings. The van der Waals surface area contributed by atoms with Crippen molar-refractivity contribution in [3.63, 3.8) is 0 Å². The minimum Gasteiger partial charge on any atom is -0.454 e. The van der Waals surface area contributed by atoms with Gasteiger partial charge in [0.15, 0.2) is 23.1 Å². The maximum absolute atomic E-state index is 5.99. The number of hydrogen-bond acceptors (Lipinski definition) is 6. The minimum atomic E-state index is 0.230. The first-order chi connectivity index (χ1) is 10.3. The van der Waals surface area contributed by atoms with E-state index in [1.54, 1.807) is 18.5 Å². The normalized spacial score (nSPS) is 12.6. The van der Waals surface area contributed by atoms with E-state index in [0.717, 1.165) is 16.9 Å². The molecule has 0 saturated heterocycles. The molecule has 21 heavy (non-hydrogen) atoms. The van der Waals surface area contributed by atoms with Gasteiger partial charge in [-0.15, -0.1) is 0 Å². The number of nitrogens with zero attached hydrogens (tertiary/aromatic N) is 3. The molecular formula is C14H11N5O2. The molecule has 0 aliphatic carbocycles. The Morgan fingerprint density at radius 1 is 1.10 bits per heavy atom. The molecule has 0 radical (unpaired) electrons. The number of fused-ring (bicyclic) bond motifs is 1. The quantitative estimate of drug-likeness (QED) is 0.743. The van der Waals surface area contributed by atoms with Crippen LogP contribution in [0, 0.1) is 0 Å². The number of nitrogen functional groups attached to an aromatic ring is 1. The fourth-order valence-corrected chi connectivity index (χ4v) is 2.29. The van der Waals surface area contributed by atoms with Gasteiger partial charge in [-0.25, -0.2) is 9.97 Å². The summed E-state index contributed by atoms with van der Waals surface area (Å²) < 4.78 is 10.7. The Bertz CT molecular complexity index is 800. The Kier molecular flexibility index (Phi) is 2.50. The molecule has 4 rings (SSSR count). The first-order valence-corrected chi connectivity index (χ1v) is 6.34. The Hall–Kier alpha value is -3.09. The number of nitrogens with one attached hydrogen (secondary N) is 1. The molecule has 1 aromatic carbocycles. The maximum Gasteiger partial charge on any atom is 0.231 e. The highest BCUT2D eigenvalue weighted by atomic mass is 16.7. The summed E-state index contributed by atoms with van der Waals surface area (Å²) in [6.07, 6.45) is 3.34. The average molecular weight is 281 g/mol. The number of hydrogen-bond donors (Lipinski definition) is 2. The smallest absolute Gasteiger partial charge is 0.231 e. The molecule has 1 aliphatic heterocycles. The number of benzene rings is 1. The third-order valence-electron chi connectivity index (χ3n) is 3.24. The highest BCUT2D eigenvalue weighted by Crippen LogP contribution is 2.39. The van der Waals surface area contributed by atoms with Crippen LogP contribution in [0.3, 0.4) is 0 Å². The number of aromatic amines is 1. The SMILES string of the molecule is Nc1n[nH]c(-c2ncccn2)c1-c1ccc2c(c1)OCO2. The van der Waals surface area contributed by atoms with Crippen LogP contribution < -0.4 is 15.2 Å². The molecule has 0 amide bonds. The van der Waals surface area contributed by atoms with Crippen LogP contribution in [-0.2, 0) is 0 Å². The summed E-state index contributed by atoms with van der Waals surface area (Å²) in [5.74, 6) is 2.33. The third kappa shape index (κ3) is 1.86. The van der Waals surface area contributed by atoms with Crippen molar-refractivity contribution in [1.82, 2.24) is 20.2 Å². The molecule has 0 unspecified atom stereocenters. The first kappa shape index (κ1) is 11.7. The van der Waals surface area contributed by atoms with E-state index in [-0.39, 0.29) is 6.79 Å². The van der Waals surface area contributed by atoms with Crippen LogP contribution >= 0.6 is 0 Å². The lowest BCUT2D eigenvalue weighted by molar-refractivity contribution is 0.174. The van der Waals surface area contributed by atoms with Crippen LogP contribution in [0.25, 0.3) is 22.6 Å².